The first kappa shape index (κ1) is 13.1. The van der Waals surface area contributed by atoms with Gasteiger partial charge in [0.05, 0.1) is 11.7 Å². The lowest BCUT2D eigenvalue weighted by molar-refractivity contribution is 0.135. The van der Waals surface area contributed by atoms with Gasteiger partial charge in [0.25, 0.3) is 0 Å². The molecule has 0 bridgehead atoms. The van der Waals surface area contributed by atoms with Gasteiger partial charge in [-0.05, 0) is 38.6 Å². The zero-order valence-corrected chi connectivity index (χ0v) is 12.2. The minimum absolute atomic E-state index is 0.363. The monoisotopic (exact) mass is 262 g/mol. The average Bonchev–Trinajstić information content (AvgIpc) is 2.96. The van der Waals surface area contributed by atoms with Crippen LogP contribution in [0, 0.1) is 12.8 Å². The van der Waals surface area contributed by atoms with E-state index in [4.69, 9.17) is 5.73 Å². The van der Waals surface area contributed by atoms with Gasteiger partial charge < -0.3 is 5.73 Å². The third-order valence-electron chi connectivity index (χ3n) is 5.09. The molecule has 3 atom stereocenters. The largest absolute Gasteiger partial charge is 0.329 e. The summed E-state index contributed by atoms with van der Waals surface area (Å²) in [5.74, 6) is 0.916. The molecule has 2 fully saturated rings. The van der Waals surface area contributed by atoms with E-state index in [0.717, 1.165) is 17.7 Å². The number of rotatable bonds is 3. The molecule has 3 unspecified atom stereocenters. The highest BCUT2D eigenvalue weighted by atomic mass is 15.3. The van der Waals surface area contributed by atoms with Crippen LogP contribution in [0.5, 0.6) is 0 Å². The van der Waals surface area contributed by atoms with Crippen molar-refractivity contribution in [2.24, 2.45) is 18.7 Å². The van der Waals surface area contributed by atoms with E-state index in [2.05, 4.69) is 23.1 Å². The summed E-state index contributed by atoms with van der Waals surface area (Å²) >= 11 is 0. The highest BCUT2D eigenvalue weighted by Gasteiger charge is 2.39. The number of likely N-dealkylation sites (tertiary alicyclic amines) is 1. The Hall–Kier alpha value is -0.870. The van der Waals surface area contributed by atoms with Crippen LogP contribution >= 0.6 is 0 Å². The Morgan fingerprint density at radius 2 is 2.16 bits per heavy atom. The SMILES string of the molecule is Cc1nn(C)cc1C(CN)N1CCC2CCCCC21. The lowest BCUT2D eigenvalue weighted by Crippen LogP contribution is -2.40. The van der Waals surface area contributed by atoms with Crippen LogP contribution in [0.15, 0.2) is 6.20 Å². The number of aromatic nitrogens is 2. The molecule has 0 radical (unpaired) electrons. The molecule has 106 valence electrons. The van der Waals surface area contributed by atoms with Gasteiger partial charge in [0.2, 0.25) is 0 Å². The molecule has 2 heterocycles. The molecule has 1 aromatic heterocycles. The van der Waals surface area contributed by atoms with Gasteiger partial charge in [-0.25, -0.2) is 0 Å². The molecule has 0 aromatic carbocycles. The maximum atomic E-state index is 6.11. The molecule has 1 saturated carbocycles. The highest BCUT2D eigenvalue weighted by Crippen LogP contribution is 2.40. The number of fused-ring (bicyclic) bond motifs is 1. The summed E-state index contributed by atoms with van der Waals surface area (Å²) in [6.07, 6.45) is 9.11. The third kappa shape index (κ3) is 2.32. The van der Waals surface area contributed by atoms with E-state index in [-0.39, 0.29) is 0 Å². The summed E-state index contributed by atoms with van der Waals surface area (Å²) in [4.78, 5) is 2.67. The Kier molecular flexibility index (Phi) is 3.63. The summed E-state index contributed by atoms with van der Waals surface area (Å²) in [6.45, 7) is 4.02. The quantitative estimate of drug-likeness (QED) is 0.906. The predicted octanol–water partition coefficient (Wildman–Crippen LogP) is 1.99. The summed E-state index contributed by atoms with van der Waals surface area (Å²) in [5, 5.41) is 4.49. The van der Waals surface area contributed by atoms with Crippen molar-refractivity contribution in [3.8, 4) is 0 Å². The molecular weight excluding hydrogens is 236 g/mol. The molecule has 0 amide bonds. The van der Waals surface area contributed by atoms with Crippen LogP contribution in [0.1, 0.15) is 49.4 Å². The fourth-order valence-electron chi connectivity index (χ4n) is 4.22. The molecule has 1 aromatic rings. The van der Waals surface area contributed by atoms with Gasteiger partial charge in [-0.2, -0.15) is 5.10 Å². The van der Waals surface area contributed by atoms with Crippen LogP contribution in [0.25, 0.3) is 0 Å². The van der Waals surface area contributed by atoms with Crippen LogP contribution in [0.3, 0.4) is 0 Å². The van der Waals surface area contributed by atoms with Crippen molar-refractivity contribution in [2.45, 2.75) is 51.1 Å². The third-order valence-corrected chi connectivity index (χ3v) is 5.09. The van der Waals surface area contributed by atoms with Crippen LogP contribution in [-0.2, 0) is 7.05 Å². The Balaban J connectivity index is 1.84. The van der Waals surface area contributed by atoms with Crippen LogP contribution in [-0.4, -0.2) is 33.8 Å². The normalized spacial score (nSPS) is 29.4. The van der Waals surface area contributed by atoms with Crippen molar-refractivity contribution in [3.05, 3.63) is 17.5 Å². The second-order valence-corrected chi connectivity index (χ2v) is 6.23. The first-order chi connectivity index (χ1) is 9.20. The molecule has 3 rings (SSSR count). The van der Waals surface area contributed by atoms with Crippen molar-refractivity contribution in [1.29, 1.82) is 0 Å². The lowest BCUT2D eigenvalue weighted by Gasteiger charge is -2.36. The zero-order valence-electron chi connectivity index (χ0n) is 12.2. The van der Waals surface area contributed by atoms with Crippen LogP contribution < -0.4 is 5.73 Å². The van der Waals surface area contributed by atoms with E-state index in [1.165, 1.54) is 44.2 Å². The highest BCUT2D eigenvalue weighted by molar-refractivity contribution is 5.21. The summed E-state index contributed by atoms with van der Waals surface area (Å²) < 4.78 is 1.92. The average molecular weight is 262 g/mol. The van der Waals surface area contributed by atoms with E-state index in [9.17, 15) is 0 Å². The maximum Gasteiger partial charge on any atom is 0.0641 e. The van der Waals surface area contributed by atoms with Gasteiger partial charge in [0.1, 0.15) is 0 Å². The topological polar surface area (TPSA) is 47.1 Å². The standard InChI is InChI=1S/C15H26N4/c1-11-13(10-18(2)17-11)15(9-16)19-8-7-12-5-3-4-6-14(12)19/h10,12,14-15H,3-9,16H2,1-2H3. The van der Waals surface area contributed by atoms with Crippen molar-refractivity contribution in [2.75, 3.05) is 13.1 Å². The summed E-state index contributed by atoms with van der Waals surface area (Å²) in [6, 6.07) is 1.13. The van der Waals surface area contributed by atoms with E-state index in [1.807, 2.05) is 11.7 Å². The smallest absolute Gasteiger partial charge is 0.0641 e. The minimum Gasteiger partial charge on any atom is -0.329 e. The van der Waals surface area contributed by atoms with Crippen molar-refractivity contribution in [1.82, 2.24) is 14.7 Å². The fraction of sp³-hybridized carbons (Fsp3) is 0.800. The van der Waals surface area contributed by atoms with Gasteiger partial charge in [0.15, 0.2) is 0 Å². The van der Waals surface area contributed by atoms with Gasteiger partial charge in [-0.3, -0.25) is 9.58 Å². The van der Waals surface area contributed by atoms with Crippen LogP contribution in [0.2, 0.25) is 0 Å². The Morgan fingerprint density at radius 1 is 1.37 bits per heavy atom. The lowest BCUT2D eigenvalue weighted by atomic mass is 9.84. The van der Waals surface area contributed by atoms with Gasteiger partial charge >= 0.3 is 0 Å². The van der Waals surface area contributed by atoms with E-state index >= 15 is 0 Å². The first-order valence-corrected chi connectivity index (χ1v) is 7.66. The fourth-order valence-corrected chi connectivity index (χ4v) is 4.22. The second-order valence-electron chi connectivity index (χ2n) is 6.23. The molecule has 1 saturated heterocycles. The maximum absolute atomic E-state index is 6.11. The molecule has 4 heteroatoms. The number of hydrogen-bond donors (Lipinski definition) is 1. The van der Waals surface area contributed by atoms with Crippen molar-refractivity contribution < 1.29 is 0 Å². The number of hydrogen-bond acceptors (Lipinski definition) is 3. The van der Waals surface area contributed by atoms with E-state index < -0.39 is 0 Å². The van der Waals surface area contributed by atoms with Crippen molar-refractivity contribution in [3.63, 3.8) is 0 Å². The van der Waals surface area contributed by atoms with Gasteiger partial charge in [-0.1, -0.05) is 12.8 Å². The molecular formula is C15H26N4. The van der Waals surface area contributed by atoms with Gasteiger partial charge in [-0.15, -0.1) is 0 Å². The first-order valence-electron chi connectivity index (χ1n) is 7.66. The molecule has 1 aliphatic heterocycles. The van der Waals surface area contributed by atoms with Crippen LogP contribution in [0.4, 0.5) is 0 Å². The zero-order chi connectivity index (χ0) is 13.4. The Morgan fingerprint density at radius 3 is 2.84 bits per heavy atom. The Labute approximate surface area is 116 Å². The molecule has 19 heavy (non-hydrogen) atoms. The predicted molar refractivity (Wildman–Crippen MR) is 76.8 cm³/mol. The number of nitrogens with zero attached hydrogens (tertiary/aromatic N) is 3. The summed E-state index contributed by atoms with van der Waals surface area (Å²) in [5.41, 5.74) is 8.57. The Bertz CT molecular complexity index is 439. The molecule has 2 N–H and O–H groups in total. The number of nitrogens with two attached hydrogens (primary N) is 1. The summed E-state index contributed by atoms with van der Waals surface area (Å²) in [7, 11) is 2.00. The molecule has 1 aliphatic carbocycles. The number of aryl methyl sites for hydroxylation is 2. The van der Waals surface area contributed by atoms with E-state index in [1.54, 1.807) is 0 Å². The molecule has 4 nitrogen and oxygen atoms in total. The minimum atomic E-state index is 0.363. The second kappa shape index (κ2) is 5.25. The van der Waals surface area contributed by atoms with E-state index in [0.29, 0.717) is 12.6 Å². The van der Waals surface area contributed by atoms with Gasteiger partial charge in [0, 0.05) is 31.4 Å². The molecule has 2 aliphatic rings. The van der Waals surface area contributed by atoms with Crippen molar-refractivity contribution >= 4 is 0 Å². The molecule has 0 spiro atoms.